The zero-order chi connectivity index (χ0) is 9.97. The van der Waals surface area contributed by atoms with E-state index in [1.807, 2.05) is 18.2 Å². The number of nitrogen functional groups attached to an aromatic ring is 1. The van der Waals surface area contributed by atoms with Gasteiger partial charge in [-0.05, 0) is 6.92 Å². The van der Waals surface area contributed by atoms with Gasteiger partial charge in [0.1, 0.15) is 0 Å². The average Bonchev–Trinajstić information content (AvgIpc) is 2.20. The molecule has 0 radical (unpaired) electrons. The third-order valence-electron chi connectivity index (χ3n) is 2.25. The van der Waals surface area contributed by atoms with E-state index in [2.05, 4.69) is 37.3 Å². The van der Waals surface area contributed by atoms with Crippen LogP contribution in [0.25, 0.3) is 11.1 Å². The molecule has 2 aromatic rings. The monoisotopic (exact) mass is 230 g/mol. The summed E-state index contributed by atoms with van der Waals surface area (Å²) in [4.78, 5) is 0. The molecule has 0 amide bonds. The molecule has 0 unspecified atom stereocenters. The van der Waals surface area contributed by atoms with E-state index in [0.717, 1.165) is 11.1 Å². The third kappa shape index (κ3) is 2.71. The van der Waals surface area contributed by atoms with E-state index in [1.165, 1.54) is 5.56 Å². The smallest absolute Gasteiger partial charge is 0 e. The van der Waals surface area contributed by atoms with Crippen LogP contribution in [-0.4, -0.2) is 0 Å². The van der Waals surface area contributed by atoms with E-state index < -0.39 is 0 Å². The van der Waals surface area contributed by atoms with Crippen molar-refractivity contribution < 1.29 is 21.7 Å². The molecule has 2 N–H and O–H groups in total. The van der Waals surface area contributed by atoms with E-state index in [1.54, 1.807) is 0 Å². The molecule has 2 heteroatoms. The Kier molecular flexibility index (Phi) is 4.13. The first-order valence-corrected chi connectivity index (χ1v) is 4.60. The van der Waals surface area contributed by atoms with Crippen molar-refractivity contribution >= 4 is 5.69 Å². The molecule has 74 valence electrons. The molecular weight excluding hydrogens is 218 g/mol. The number of para-hydroxylation sites is 1. The van der Waals surface area contributed by atoms with Crippen LogP contribution in [0.1, 0.15) is 5.56 Å². The second-order valence-corrected chi connectivity index (χ2v) is 3.36. The molecule has 0 spiro atoms. The van der Waals surface area contributed by atoms with Crippen molar-refractivity contribution in [3.8, 4) is 11.1 Å². The normalized spacial score (nSPS) is 9.40. The van der Waals surface area contributed by atoms with Crippen molar-refractivity contribution in [3.05, 3.63) is 54.1 Å². The molecule has 2 aromatic carbocycles. The SMILES string of the molecule is Cc1ccc(-c2ccc[c-]c2N)cc1.[Ti]. The van der Waals surface area contributed by atoms with Crippen LogP contribution in [0.3, 0.4) is 0 Å². The van der Waals surface area contributed by atoms with Crippen LogP contribution >= 0.6 is 0 Å². The van der Waals surface area contributed by atoms with Crippen molar-refractivity contribution in [3.63, 3.8) is 0 Å². The molecule has 1 nitrogen and oxygen atoms in total. The van der Waals surface area contributed by atoms with Gasteiger partial charge in [-0.25, -0.2) is 0 Å². The van der Waals surface area contributed by atoms with Gasteiger partial charge in [0, 0.05) is 21.7 Å². The Balaban J connectivity index is 0.00000112. The number of hydrogen-bond acceptors (Lipinski definition) is 1. The summed E-state index contributed by atoms with van der Waals surface area (Å²) in [6, 6.07) is 17.1. The standard InChI is InChI=1S/C13H12N.Ti/c1-10-6-8-11(9-7-10)12-4-2-3-5-13(12)14;/h2-4,6-9H,14H2,1H3;/q-1;. The summed E-state index contributed by atoms with van der Waals surface area (Å²) in [7, 11) is 0. The van der Waals surface area contributed by atoms with Gasteiger partial charge in [-0.1, -0.05) is 41.1 Å². The summed E-state index contributed by atoms with van der Waals surface area (Å²) in [6.07, 6.45) is 0. The molecule has 0 atom stereocenters. The van der Waals surface area contributed by atoms with Gasteiger partial charge in [0.2, 0.25) is 0 Å². The Bertz CT molecular complexity index is 435. The van der Waals surface area contributed by atoms with Crippen molar-refractivity contribution in [1.82, 2.24) is 0 Å². The van der Waals surface area contributed by atoms with Crippen LogP contribution in [-0.2, 0) is 21.7 Å². The summed E-state index contributed by atoms with van der Waals surface area (Å²) in [5, 5.41) is 0. The maximum atomic E-state index is 5.84. The Hall–Kier alpha value is -1.05. The molecule has 15 heavy (non-hydrogen) atoms. The molecule has 0 aliphatic carbocycles. The minimum Gasteiger partial charge on any atom is -0.419 e. The maximum absolute atomic E-state index is 5.84. The largest absolute Gasteiger partial charge is 0.419 e. The summed E-state index contributed by atoms with van der Waals surface area (Å²) >= 11 is 0. The van der Waals surface area contributed by atoms with Gasteiger partial charge in [-0.15, -0.1) is 5.56 Å². The average molecular weight is 230 g/mol. The van der Waals surface area contributed by atoms with E-state index in [0.29, 0.717) is 5.69 Å². The van der Waals surface area contributed by atoms with Crippen LogP contribution in [0.4, 0.5) is 5.69 Å². The van der Waals surface area contributed by atoms with E-state index in [-0.39, 0.29) is 21.7 Å². The minimum atomic E-state index is 0. The quantitative estimate of drug-likeness (QED) is 0.454. The summed E-state index contributed by atoms with van der Waals surface area (Å²) in [5.74, 6) is 0. The Morgan fingerprint density at radius 3 is 2.33 bits per heavy atom. The van der Waals surface area contributed by atoms with Crippen molar-refractivity contribution in [2.75, 3.05) is 5.73 Å². The predicted molar refractivity (Wildman–Crippen MR) is 59.9 cm³/mol. The molecule has 0 aromatic heterocycles. The van der Waals surface area contributed by atoms with E-state index >= 15 is 0 Å². The number of benzene rings is 2. The fraction of sp³-hybridized carbons (Fsp3) is 0.0769. The summed E-state index contributed by atoms with van der Waals surface area (Å²) in [6.45, 7) is 2.07. The topological polar surface area (TPSA) is 26.0 Å². The van der Waals surface area contributed by atoms with Gasteiger partial charge in [0.05, 0.1) is 0 Å². The first kappa shape index (κ1) is 12.0. The number of nitrogens with two attached hydrogens (primary N) is 1. The van der Waals surface area contributed by atoms with Crippen LogP contribution in [0.15, 0.2) is 42.5 Å². The van der Waals surface area contributed by atoms with Crippen LogP contribution in [0.2, 0.25) is 0 Å². The molecular formula is C13H12NTi-. The zero-order valence-electron chi connectivity index (χ0n) is 8.62. The first-order valence-electron chi connectivity index (χ1n) is 4.60. The zero-order valence-corrected chi connectivity index (χ0v) is 10.2. The first-order chi connectivity index (χ1) is 6.77. The fourth-order valence-electron chi connectivity index (χ4n) is 1.43. The maximum Gasteiger partial charge on any atom is 0 e. The second-order valence-electron chi connectivity index (χ2n) is 3.36. The second kappa shape index (κ2) is 5.15. The Morgan fingerprint density at radius 2 is 1.73 bits per heavy atom. The molecule has 0 heterocycles. The van der Waals surface area contributed by atoms with Crippen molar-refractivity contribution in [2.24, 2.45) is 0 Å². The molecule has 0 bridgehead atoms. The van der Waals surface area contributed by atoms with Gasteiger partial charge in [-0.3, -0.25) is 0 Å². The molecule has 0 saturated carbocycles. The van der Waals surface area contributed by atoms with Gasteiger partial charge >= 0.3 is 0 Å². The van der Waals surface area contributed by atoms with Crippen LogP contribution in [0, 0.1) is 13.0 Å². The van der Waals surface area contributed by atoms with Gasteiger partial charge in [0.15, 0.2) is 0 Å². The molecule has 0 saturated heterocycles. The van der Waals surface area contributed by atoms with Crippen LogP contribution in [0.5, 0.6) is 0 Å². The fourth-order valence-corrected chi connectivity index (χ4v) is 1.43. The Morgan fingerprint density at radius 1 is 1.07 bits per heavy atom. The summed E-state index contributed by atoms with van der Waals surface area (Å²) < 4.78 is 0. The van der Waals surface area contributed by atoms with Crippen LogP contribution < -0.4 is 5.73 Å². The molecule has 0 aliphatic heterocycles. The van der Waals surface area contributed by atoms with Gasteiger partial charge in [-0.2, -0.15) is 24.3 Å². The number of anilines is 1. The third-order valence-corrected chi connectivity index (χ3v) is 2.25. The van der Waals surface area contributed by atoms with Gasteiger partial charge in [0.25, 0.3) is 0 Å². The molecule has 2 rings (SSSR count). The number of hydrogen-bond donors (Lipinski definition) is 1. The minimum absolute atomic E-state index is 0. The predicted octanol–water partition coefficient (Wildman–Crippen LogP) is 3.04. The molecule has 0 fully saturated rings. The van der Waals surface area contributed by atoms with E-state index in [4.69, 9.17) is 5.73 Å². The Labute approximate surface area is 105 Å². The van der Waals surface area contributed by atoms with E-state index in [9.17, 15) is 0 Å². The van der Waals surface area contributed by atoms with Gasteiger partial charge < -0.3 is 5.73 Å². The summed E-state index contributed by atoms with van der Waals surface area (Å²) in [5.41, 5.74) is 9.99. The molecule has 0 aliphatic rings. The van der Waals surface area contributed by atoms with Crippen molar-refractivity contribution in [2.45, 2.75) is 6.92 Å². The number of aryl methyl sites for hydroxylation is 1. The van der Waals surface area contributed by atoms with Crippen molar-refractivity contribution in [1.29, 1.82) is 0 Å². The number of rotatable bonds is 1.